The summed E-state index contributed by atoms with van der Waals surface area (Å²) >= 11 is 0. The maximum absolute atomic E-state index is 5.94. The number of rotatable bonds is 7. The number of nitrogens with two attached hydrogens (primary N) is 1. The van der Waals surface area contributed by atoms with E-state index in [1.54, 1.807) is 0 Å². The van der Waals surface area contributed by atoms with E-state index in [0.29, 0.717) is 19.3 Å². The van der Waals surface area contributed by atoms with Crippen molar-refractivity contribution >= 4 is 0 Å². The van der Waals surface area contributed by atoms with Crippen LogP contribution in [0, 0.1) is 5.92 Å². The third-order valence-electron chi connectivity index (χ3n) is 3.93. The van der Waals surface area contributed by atoms with E-state index in [0.717, 1.165) is 30.3 Å². The lowest BCUT2D eigenvalue weighted by Crippen LogP contribution is -2.22. The van der Waals surface area contributed by atoms with Crippen LogP contribution >= 0.6 is 0 Å². The van der Waals surface area contributed by atoms with Crippen LogP contribution in [0.3, 0.4) is 0 Å². The number of ether oxygens (including phenoxy) is 2. The highest BCUT2D eigenvalue weighted by Gasteiger charge is 2.18. The summed E-state index contributed by atoms with van der Waals surface area (Å²) in [6.07, 6.45) is 6.54. The molecule has 2 rings (SSSR count). The molecule has 3 heteroatoms. The average Bonchev–Trinajstić information content (AvgIpc) is 2.47. The number of hydrogen-bond donors (Lipinski definition) is 1. The zero-order valence-electron chi connectivity index (χ0n) is 12.5. The average molecular weight is 277 g/mol. The first-order valence-corrected chi connectivity index (χ1v) is 7.81. The highest BCUT2D eigenvalue weighted by atomic mass is 16.5. The molecule has 2 N–H and O–H groups in total. The third kappa shape index (κ3) is 5.14. The van der Waals surface area contributed by atoms with Crippen LogP contribution in [0.2, 0.25) is 0 Å². The molecule has 0 aliphatic heterocycles. The molecule has 20 heavy (non-hydrogen) atoms. The first-order valence-electron chi connectivity index (χ1n) is 7.81. The molecule has 1 saturated carbocycles. The summed E-state index contributed by atoms with van der Waals surface area (Å²) in [6, 6.07) is 7.98. The van der Waals surface area contributed by atoms with Gasteiger partial charge < -0.3 is 15.2 Å². The van der Waals surface area contributed by atoms with Gasteiger partial charge in [-0.15, -0.1) is 0 Å². The normalized spacial score (nSPS) is 22.7. The van der Waals surface area contributed by atoms with Gasteiger partial charge in [0, 0.05) is 13.0 Å². The molecule has 0 aromatic heterocycles. The molecule has 2 atom stereocenters. The highest BCUT2D eigenvalue weighted by molar-refractivity contribution is 5.28. The van der Waals surface area contributed by atoms with Crippen molar-refractivity contribution in [3.63, 3.8) is 0 Å². The topological polar surface area (TPSA) is 44.5 Å². The Labute approximate surface area is 122 Å². The first-order chi connectivity index (χ1) is 9.78. The van der Waals surface area contributed by atoms with Crippen molar-refractivity contribution < 1.29 is 9.47 Å². The van der Waals surface area contributed by atoms with Crippen molar-refractivity contribution in [1.82, 2.24) is 0 Å². The van der Waals surface area contributed by atoms with Gasteiger partial charge in [0.2, 0.25) is 0 Å². The maximum atomic E-state index is 5.94. The van der Waals surface area contributed by atoms with Crippen LogP contribution in [0.1, 0.15) is 44.6 Å². The van der Waals surface area contributed by atoms with Gasteiger partial charge in [0.1, 0.15) is 5.75 Å². The zero-order chi connectivity index (χ0) is 14.2. The Kier molecular flexibility index (Phi) is 6.34. The molecule has 0 spiro atoms. The molecule has 3 nitrogen and oxygen atoms in total. The summed E-state index contributed by atoms with van der Waals surface area (Å²) < 4.78 is 11.7. The molecular formula is C17H27NO2. The maximum Gasteiger partial charge on any atom is 0.119 e. The van der Waals surface area contributed by atoms with Crippen LogP contribution in [0.15, 0.2) is 24.3 Å². The summed E-state index contributed by atoms with van der Waals surface area (Å²) in [6.45, 7) is 4.38. The van der Waals surface area contributed by atoms with E-state index < -0.39 is 0 Å². The minimum absolute atomic E-state index is 0.472. The summed E-state index contributed by atoms with van der Waals surface area (Å²) in [5.74, 6) is 1.73. The van der Waals surface area contributed by atoms with Gasteiger partial charge in [-0.2, -0.15) is 0 Å². The second kappa shape index (κ2) is 8.28. The fourth-order valence-corrected chi connectivity index (χ4v) is 2.79. The molecule has 0 saturated heterocycles. The summed E-state index contributed by atoms with van der Waals surface area (Å²) in [7, 11) is 0. The second-order valence-corrected chi connectivity index (χ2v) is 5.82. The summed E-state index contributed by atoms with van der Waals surface area (Å²) in [5.41, 5.74) is 6.72. The van der Waals surface area contributed by atoms with E-state index in [-0.39, 0.29) is 0 Å². The Morgan fingerprint density at radius 2 is 2.15 bits per heavy atom. The Hall–Kier alpha value is -1.06. The predicted molar refractivity (Wildman–Crippen MR) is 81.8 cm³/mol. The van der Waals surface area contributed by atoms with E-state index in [2.05, 4.69) is 6.92 Å². The van der Waals surface area contributed by atoms with Crippen LogP contribution in [0.25, 0.3) is 0 Å². The van der Waals surface area contributed by atoms with Crippen LogP contribution in [0.4, 0.5) is 0 Å². The van der Waals surface area contributed by atoms with Crippen LogP contribution in [-0.4, -0.2) is 19.3 Å². The van der Waals surface area contributed by atoms with Gasteiger partial charge in [-0.25, -0.2) is 0 Å². The largest absolute Gasteiger partial charge is 0.493 e. The van der Waals surface area contributed by atoms with Gasteiger partial charge in [0.25, 0.3) is 0 Å². The highest BCUT2D eigenvalue weighted by Crippen LogP contribution is 2.25. The number of benzene rings is 1. The fourth-order valence-electron chi connectivity index (χ4n) is 2.79. The lowest BCUT2D eigenvalue weighted by Gasteiger charge is -2.26. The van der Waals surface area contributed by atoms with E-state index in [1.807, 2.05) is 24.3 Å². The first kappa shape index (κ1) is 15.3. The van der Waals surface area contributed by atoms with Gasteiger partial charge in [-0.1, -0.05) is 31.9 Å². The lowest BCUT2D eigenvalue weighted by atomic mass is 9.89. The molecular weight excluding hydrogens is 250 g/mol. The smallest absolute Gasteiger partial charge is 0.119 e. The SMILES string of the molecule is CC1CCCC(OCCCOc2cccc(CN)c2)C1. The molecule has 112 valence electrons. The van der Waals surface area contributed by atoms with Gasteiger partial charge in [0.15, 0.2) is 0 Å². The molecule has 2 unspecified atom stereocenters. The Morgan fingerprint density at radius 3 is 2.95 bits per heavy atom. The van der Waals surface area contributed by atoms with Crippen LogP contribution < -0.4 is 10.5 Å². The summed E-state index contributed by atoms with van der Waals surface area (Å²) in [4.78, 5) is 0. The molecule has 0 bridgehead atoms. The summed E-state index contributed by atoms with van der Waals surface area (Å²) in [5, 5.41) is 0. The molecule has 1 aromatic rings. The van der Waals surface area contributed by atoms with Gasteiger partial charge in [-0.3, -0.25) is 0 Å². The van der Waals surface area contributed by atoms with E-state index in [1.165, 1.54) is 25.7 Å². The Bertz CT molecular complexity index is 394. The lowest BCUT2D eigenvalue weighted by molar-refractivity contribution is 0.0106. The van der Waals surface area contributed by atoms with Crippen molar-refractivity contribution in [3.8, 4) is 5.75 Å². The van der Waals surface area contributed by atoms with Crippen molar-refractivity contribution in [2.75, 3.05) is 13.2 Å². The predicted octanol–water partition coefficient (Wildman–Crippen LogP) is 3.51. The van der Waals surface area contributed by atoms with Gasteiger partial charge >= 0.3 is 0 Å². The van der Waals surface area contributed by atoms with Crippen molar-refractivity contribution in [3.05, 3.63) is 29.8 Å². The molecule has 0 radical (unpaired) electrons. The van der Waals surface area contributed by atoms with Crippen LogP contribution in [-0.2, 0) is 11.3 Å². The Balaban J connectivity index is 1.59. The Morgan fingerprint density at radius 1 is 1.25 bits per heavy atom. The molecule has 0 amide bonds. The molecule has 1 fully saturated rings. The molecule has 0 heterocycles. The van der Waals surface area contributed by atoms with Crippen LogP contribution in [0.5, 0.6) is 5.75 Å². The van der Waals surface area contributed by atoms with Gasteiger partial charge in [-0.05, 0) is 36.5 Å². The second-order valence-electron chi connectivity index (χ2n) is 5.82. The van der Waals surface area contributed by atoms with Gasteiger partial charge in [0.05, 0.1) is 19.3 Å². The standard InChI is InChI=1S/C17H27NO2/c1-14-5-2-7-16(11-14)19-9-4-10-20-17-8-3-6-15(12-17)13-18/h3,6,8,12,14,16H,2,4-5,7,9-11,13,18H2,1H3. The number of hydrogen-bond acceptors (Lipinski definition) is 3. The van der Waals surface area contributed by atoms with Crippen molar-refractivity contribution in [2.24, 2.45) is 11.7 Å². The fraction of sp³-hybridized carbons (Fsp3) is 0.647. The molecule has 1 aliphatic carbocycles. The van der Waals surface area contributed by atoms with E-state index in [4.69, 9.17) is 15.2 Å². The van der Waals surface area contributed by atoms with E-state index in [9.17, 15) is 0 Å². The minimum atomic E-state index is 0.472. The molecule has 1 aliphatic rings. The van der Waals surface area contributed by atoms with Crippen molar-refractivity contribution in [2.45, 2.75) is 51.7 Å². The quantitative estimate of drug-likeness (QED) is 0.776. The molecule has 1 aromatic carbocycles. The third-order valence-corrected chi connectivity index (χ3v) is 3.93. The zero-order valence-corrected chi connectivity index (χ0v) is 12.5. The monoisotopic (exact) mass is 277 g/mol. The minimum Gasteiger partial charge on any atom is -0.493 e. The van der Waals surface area contributed by atoms with Crippen molar-refractivity contribution in [1.29, 1.82) is 0 Å². The van der Waals surface area contributed by atoms with E-state index >= 15 is 0 Å².